The molecule has 5 nitrogen and oxygen atoms in total. The van der Waals surface area contributed by atoms with E-state index >= 15 is 0 Å². The number of aromatic nitrogens is 2. The van der Waals surface area contributed by atoms with Gasteiger partial charge in [0.2, 0.25) is 0 Å². The summed E-state index contributed by atoms with van der Waals surface area (Å²) in [6.45, 7) is 2.88. The molecule has 2 unspecified atom stereocenters. The van der Waals surface area contributed by atoms with Gasteiger partial charge in [-0.3, -0.25) is 5.10 Å². The number of nitrogens with one attached hydrogen (secondary N) is 2. The summed E-state index contributed by atoms with van der Waals surface area (Å²) in [6, 6.07) is 0.139. The Morgan fingerprint density at radius 3 is 2.89 bits per heavy atom. The molecule has 2 atom stereocenters. The van der Waals surface area contributed by atoms with Gasteiger partial charge >= 0.3 is 0 Å². The Balaban J connectivity index is 1.75. The first-order valence-corrected chi connectivity index (χ1v) is 8.85. The van der Waals surface area contributed by atoms with Gasteiger partial charge in [0.25, 0.3) is 0 Å². The van der Waals surface area contributed by atoms with Gasteiger partial charge in [0.15, 0.2) is 9.84 Å². The molecule has 1 aliphatic carbocycles. The molecule has 1 aromatic rings. The van der Waals surface area contributed by atoms with Gasteiger partial charge in [0, 0.05) is 18.0 Å². The molecule has 1 saturated carbocycles. The van der Waals surface area contributed by atoms with Crippen LogP contribution in [-0.2, 0) is 16.3 Å². The van der Waals surface area contributed by atoms with E-state index in [1.807, 2.05) is 13.1 Å². The van der Waals surface area contributed by atoms with Crippen molar-refractivity contribution in [3.8, 4) is 0 Å². The van der Waals surface area contributed by atoms with Crippen LogP contribution >= 0.6 is 0 Å². The first kappa shape index (κ1) is 14.5. The van der Waals surface area contributed by atoms with E-state index in [9.17, 15) is 8.42 Å². The van der Waals surface area contributed by atoms with E-state index in [0.717, 1.165) is 44.3 Å². The zero-order valence-electron chi connectivity index (χ0n) is 11.6. The Morgan fingerprint density at radius 1 is 1.47 bits per heavy atom. The molecule has 0 saturated heterocycles. The van der Waals surface area contributed by atoms with Crippen molar-refractivity contribution >= 4 is 9.84 Å². The van der Waals surface area contributed by atoms with E-state index in [4.69, 9.17) is 0 Å². The number of hydrogen-bond acceptors (Lipinski definition) is 4. The molecule has 1 heterocycles. The monoisotopic (exact) mass is 285 g/mol. The molecular formula is C13H23N3O2S. The molecule has 0 aromatic carbocycles. The third-order valence-electron chi connectivity index (χ3n) is 3.97. The number of sulfone groups is 1. The van der Waals surface area contributed by atoms with Gasteiger partial charge < -0.3 is 5.32 Å². The molecule has 1 aromatic heterocycles. The second kappa shape index (κ2) is 6.05. The summed E-state index contributed by atoms with van der Waals surface area (Å²) in [5.74, 6) is 0. The van der Waals surface area contributed by atoms with Crippen LogP contribution in [-0.4, -0.2) is 42.7 Å². The fourth-order valence-corrected chi connectivity index (χ4v) is 4.29. The highest BCUT2D eigenvalue weighted by molar-refractivity contribution is 7.91. The largest absolute Gasteiger partial charge is 0.313 e. The molecule has 0 aliphatic heterocycles. The van der Waals surface area contributed by atoms with Crippen LogP contribution in [0.2, 0.25) is 0 Å². The molecule has 0 amide bonds. The van der Waals surface area contributed by atoms with Crippen LogP contribution in [0.5, 0.6) is 0 Å². The molecule has 0 spiro atoms. The maximum absolute atomic E-state index is 11.7. The highest BCUT2D eigenvalue weighted by atomic mass is 32.2. The molecular weight excluding hydrogens is 262 g/mol. The fraction of sp³-hybridized carbons (Fsp3) is 0.769. The Kier molecular flexibility index (Phi) is 4.62. The molecule has 2 rings (SSSR count). The average Bonchev–Trinajstić information content (AvgIpc) is 2.93. The van der Waals surface area contributed by atoms with Crippen molar-refractivity contribution in [2.24, 2.45) is 0 Å². The number of aryl methyl sites for hydroxylation is 2. The third-order valence-corrected chi connectivity index (χ3v) is 5.63. The molecule has 6 heteroatoms. The minimum atomic E-state index is -2.92. The summed E-state index contributed by atoms with van der Waals surface area (Å²) in [7, 11) is -2.92. The van der Waals surface area contributed by atoms with Crippen LogP contribution in [0.4, 0.5) is 0 Å². The Hall–Kier alpha value is -0.880. The second-order valence-electron chi connectivity index (χ2n) is 5.48. The van der Waals surface area contributed by atoms with Crippen molar-refractivity contribution < 1.29 is 8.42 Å². The van der Waals surface area contributed by atoms with Gasteiger partial charge in [0.1, 0.15) is 0 Å². The van der Waals surface area contributed by atoms with E-state index in [1.165, 1.54) is 11.8 Å². The summed E-state index contributed by atoms with van der Waals surface area (Å²) in [5, 5.41) is 10.1. The summed E-state index contributed by atoms with van der Waals surface area (Å²) in [6.07, 6.45) is 7.99. The quantitative estimate of drug-likeness (QED) is 0.770. The second-order valence-corrected chi connectivity index (χ2v) is 7.75. The van der Waals surface area contributed by atoms with E-state index in [1.54, 1.807) is 0 Å². The molecule has 108 valence electrons. The lowest BCUT2D eigenvalue weighted by atomic mass is 10.1. The van der Waals surface area contributed by atoms with E-state index < -0.39 is 9.84 Å². The Bertz CT molecular complexity index is 510. The lowest BCUT2D eigenvalue weighted by Crippen LogP contribution is -2.40. The minimum absolute atomic E-state index is 0.139. The van der Waals surface area contributed by atoms with Gasteiger partial charge in [0.05, 0.1) is 11.4 Å². The standard InChI is InChI=1S/C13H23N3O2S/c1-10-11(9-15-16-10)5-4-8-14-12-6-3-7-13(12)19(2,17)18/h9,12-14H,3-8H2,1-2H3,(H,15,16). The minimum Gasteiger partial charge on any atom is -0.313 e. The number of rotatable bonds is 6. The zero-order chi connectivity index (χ0) is 13.9. The lowest BCUT2D eigenvalue weighted by Gasteiger charge is -2.19. The molecule has 0 bridgehead atoms. The van der Waals surface area contributed by atoms with Gasteiger partial charge in [-0.15, -0.1) is 0 Å². The van der Waals surface area contributed by atoms with E-state index in [-0.39, 0.29) is 11.3 Å². The summed E-state index contributed by atoms with van der Waals surface area (Å²) in [5.41, 5.74) is 2.36. The van der Waals surface area contributed by atoms with Crippen molar-refractivity contribution in [2.45, 2.75) is 50.3 Å². The van der Waals surface area contributed by atoms with Crippen molar-refractivity contribution in [2.75, 3.05) is 12.8 Å². The molecule has 2 N–H and O–H groups in total. The topological polar surface area (TPSA) is 74.8 Å². The fourth-order valence-electron chi connectivity index (χ4n) is 2.87. The van der Waals surface area contributed by atoms with Crippen molar-refractivity contribution in [1.29, 1.82) is 0 Å². The first-order valence-electron chi connectivity index (χ1n) is 6.89. The predicted octanol–water partition coefficient (Wildman–Crippen LogP) is 1.21. The lowest BCUT2D eigenvalue weighted by molar-refractivity contribution is 0.501. The van der Waals surface area contributed by atoms with E-state index in [2.05, 4.69) is 15.5 Å². The van der Waals surface area contributed by atoms with Crippen molar-refractivity contribution in [1.82, 2.24) is 15.5 Å². The van der Waals surface area contributed by atoms with Crippen molar-refractivity contribution in [3.05, 3.63) is 17.5 Å². The summed E-state index contributed by atoms with van der Waals surface area (Å²) in [4.78, 5) is 0. The van der Waals surface area contributed by atoms with Gasteiger partial charge in [-0.1, -0.05) is 6.42 Å². The van der Waals surface area contributed by atoms with Gasteiger partial charge in [-0.25, -0.2) is 8.42 Å². The third kappa shape index (κ3) is 3.79. The maximum Gasteiger partial charge on any atom is 0.151 e. The number of hydrogen-bond donors (Lipinski definition) is 2. The summed E-state index contributed by atoms with van der Waals surface area (Å²) >= 11 is 0. The Labute approximate surface area is 115 Å². The van der Waals surface area contributed by atoms with E-state index in [0.29, 0.717) is 0 Å². The van der Waals surface area contributed by atoms with Crippen LogP contribution in [0.1, 0.15) is 36.9 Å². The molecule has 1 aliphatic rings. The smallest absolute Gasteiger partial charge is 0.151 e. The predicted molar refractivity (Wildman–Crippen MR) is 75.9 cm³/mol. The van der Waals surface area contributed by atoms with Crippen molar-refractivity contribution in [3.63, 3.8) is 0 Å². The summed E-state index contributed by atoms with van der Waals surface area (Å²) < 4.78 is 23.3. The van der Waals surface area contributed by atoms with Crippen LogP contribution < -0.4 is 5.32 Å². The van der Waals surface area contributed by atoms with Crippen LogP contribution in [0.3, 0.4) is 0 Å². The van der Waals surface area contributed by atoms with Crippen LogP contribution in [0, 0.1) is 6.92 Å². The SMILES string of the molecule is Cc1[nH]ncc1CCCNC1CCCC1S(C)(=O)=O. The highest BCUT2D eigenvalue weighted by Crippen LogP contribution is 2.25. The van der Waals surface area contributed by atoms with Crippen LogP contribution in [0.15, 0.2) is 6.20 Å². The molecule has 1 fully saturated rings. The molecule has 19 heavy (non-hydrogen) atoms. The van der Waals surface area contributed by atoms with Gasteiger partial charge in [-0.2, -0.15) is 5.10 Å². The first-order chi connectivity index (χ1) is 8.98. The molecule has 0 radical (unpaired) electrons. The Morgan fingerprint density at radius 2 is 2.26 bits per heavy atom. The number of H-pyrrole nitrogens is 1. The average molecular weight is 285 g/mol. The maximum atomic E-state index is 11.7. The normalized spacial score (nSPS) is 23.9. The zero-order valence-corrected chi connectivity index (χ0v) is 12.5. The number of aromatic amines is 1. The highest BCUT2D eigenvalue weighted by Gasteiger charge is 2.34. The van der Waals surface area contributed by atoms with Crippen LogP contribution in [0.25, 0.3) is 0 Å². The number of nitrogens with zero attached hydrogens (tertiary/aromatic N) is 1. The van der Waals surface area contributed by atoms with Gasteiger partial charge in [-0.05, 0) is 44.7 Å².